The molecule has 0 atom stereocenters. The number of pyridine rings is 1. The van der Waals surface area contributed by atoms with Gasteiger partial charge in [0.1, 0.15) is 5.75 Å². The van der Waals surface area contributed by atoms with E-state index in [1.165, 1.54) is 0 Å². The van der Waals surface area contributed by atoms with Crippen molar-refractivity contribution in [2.45, 2.75) is 0 Å². The maximum absolute atomic E-state index is 6.08. The molecule has 0 fully saturated rings. The number of rotatable bonds is 4. The quantitative estimate of drug-likeness (QED) is 0.573. The predicted octanol–water partition coefficient (Wildman–Crippen LogP) is 4.83. The number of hydrogen-bond donors (Lipinski definition) is 1. The molecule has 0 spiro atoms. The van der Waals surface area contributed by atoms with Crippen molar-refractivity contribution in [3.63, 3.8) is 0 Å². The number of hydrogen-bond acceptors (Lipinski definition) is 4. The van der Waals surface area contributed by atoms with Gasteiger partial charge in [0.25, 0.3) is 0 Å². The minimum absolute atomic E-state index is 0.665. The largest absolute Gasteiger partial charge is 0.497 e. The highest BCUT2D eigenvalue weighted by atomic mass is 35.5. The molecule has 0 unspecified atom stereocenters. The van der Waals surface area contributed by atoms with E-state index in [4.69, 9.17) is 21.4 Å². The summed E-state index contributed by atoms with van der Waals surface area (Å²) < 4.78 is 7.22. The molecule has 0 radical (unpaired) electrons. The van der Waals surface area contributed by atoms with E-state index in [-0.39, 0.29) is 0 Å². The molecule has 1 N–H and O–H groups in total. The molecule has 0 saturated carbocycles. The molecule has 0 aliphatic carbocycles. The second-order valence-corrected chi connectivity index (χ2v) is 5.93. The van der Waals surface area contributed by atoms with Crippen molar-refractivity contribution in [2.75, 3.05) is 12.4 Å². The van der Waals surface area contributed by atoms with Crippen LogP contribution >= 0.6 is 11.6 Å². The fourth-order valence-corrected chi connectivity index (χ4v) is 2.89. The number of methoxy groups -OCH3 is 1. The fraction of sp³-hybridized carbons (Fsp3) is 0.0526. The number of aromatic nitrogens is 3. The second-order valence-electron chi connectivity index (χ2n) is 5.49. The van der Waals surface area contributed by atoms with Crippen LogP contribution in [0.3, 0.4) is 0 Å². The molecule has 2 heterocycles. The molecule has 0 bridgehead atoms. The summed E-state index contributed by atoms with van der Waals surface area (Å²) in [4.78, 5) is 4.18. The molecular weight excluding hydrogens is 336 g/mol. The summed E-state index contributed by atoms with van der Waals surface area (Å²) in [6, 6.07) is 17.2. The van der Waals surface area contributed by atoms with E-state index in [1.807, 2.05) is 59.3 Å². The number of fused-ring (bicyclic) bond motifs is 1. The third-order valence-electron chi connectivity index (χ3n) is 3.86. The molecule has 25 heavy (non-hydrogen) atoms. The van der Waals surface area contributed by atoms with E-state index < -0.39 is 0 Å². The average molecular weight is 351 g/mol. The van der Waals surface area contributed by atoms with Gasteiger partial charge in [-0.15, -0.1) is 5.10 Å². The zero-order valence-corrected chi connectivity index (χ0v) is 14.2. The first-order valence-corrected chi connectivity index (χ1v) is 8.12. The second kappa shape index (κ2) is 6.45. The molecule has 4 rings (SSSR count). The maximum atomic E-state index is 6.08. The molecule has 2 aromatic carbocycles. The normalized spacial score (nSPS) is 10.8. The van der Waals surface area contributed by atoms with E-state index in [0.717, 1.165) is 33.8 Å². The van der Waals surface area contributed by atoms with Gasteiger partial charge >= 0.3 is 0 Å². The molecule has 6 heteroatoms. The minimum atomic E-state index is 0.665. The first-order valence-electron chi connectivity index (χ1n) is 7.74. The SMILES string of the molecule is COc1ccc2c(c1)c(Nc1cccc(Cl)c1)nn2-c1cccnc1. The molecule has 0 amide bonds. The van der Waals surface area contributed by atoms with Crippen molar-refractivity contribution in [3.8, 4) is 11.4 Å². The van der Waals surface area contributed by atoms with Gasteiger partial charge in [0.05, 0.1) is 24.5 Å². The van der Waals surface area contributed by atoms with Crippen molar-refractivity contribution in [3.05, 3.63) is 72.0 Å². The first kappa shape index (κ1) is 15.5. The summed E-state index contributed by atoms with van der Waals surface area (Å²) in [5.74, 6) is 1.49. The Morgan fingerprint density at radius 1 is 1.08 bits per heavy atom. The third kappa shape index (κ3) is 3.02. The van der Waals surface area contributed by atoms with Gasteiger partial charge in [-0.05, 0) is 48.5 Å². The van der Waals surface area contributed by atoms with Gasteiger partial charge in [-0.1, -0.05) is 17.7 Å². The Hall–Kier alpha value is -3.05. The standard InChI is InChI=1S/C19H15ClN4O/c1-25-16-7-8-18-17(11-16)19(22-14-5-2-4-13(20)10-14)23-24(18)15-6-3-9-21-12-15/h2-12H,1H3,(H,22,23). The maximum Gasteiger partial charge on any atom is 0.160 e. The lowest BCUT2D eigenvalue weighted by atomic mass is 10.2. The van der Waals surface area contributed by atoms with E-state index >= 15 is 0 Å². The molecule has 5 nitrogen and oxygen atoms in total. The lowest BCUT2D eigenvalue weighted by Crippen LogP contribution is -1.98. The molecule has 124 valence electrons. The summed E-state index contributed by atoms with van der Waals surface area (Å²) in [5, 5.41) is 9.68. The number of nitrogens with zero attached hydrogens (tertiary/aromatic N) is 3. The number of anilines is 2. The Morgan fingerprint density at radius 2 is 2.00 bits per heavy atom. The Labute approximate surface area is 149 Å². The van der Waals surface area contributed by atoms with Gasteiger partial charge in [0, 0.05) is 22.3 Å². The van der Waals surface area contributed by atoms with Crippen molar-refractivity contribution in [1.82, 2.24) is 14.8 Å². The van der Waals surface area contributed by atoms with Crippen LogP contribution in [0, 0.1) is 0 Å². The molecule has 0 aliphatic rings. The zero-order valence-electron chi connectivity index (χ0n) is 13.5. The number of halogens is 1. The van der Waals surface area contributed by atoms with Gasteiger partial charge in [0.2, 0.25) is 0 Å². The van der Waals surface area contributed by atoms with Gasteiger partial charge in [0.15, 0.2) is 5.82 Å². The minimum Gasteiger partial charge on any atom is -0.497 e. The van der Waals surface area contributed by atoms with Crippen LogP contribution < -0.4 is 10.1 Å². The summed E-state index contributed by atoms with van der Waals surface area (Å²) in [5.41, 5.74) is 2.71. The van der Waals surface area contributed by atoms with Crippen LogP contribution in [0.2, 0.25) is 5.02 Å². The van der Waals surface area contributed by atoms with Crippen LogP contribution in [0.5, 0.6) is 5.75 Å². The Bertz CT molecular complexity index is 1030. The van der Waals surface area contributed by atoms with Gasteiger partial charge in [-0.3, -0.25) is 4.98 Å². The molecule has 0 aliphatic heterocycles. The third-order valence-corrected chi connectivity index (χ3v) is 4.10. The van der Waals surface area contributed by atoms with Gasteiger partial charge in [-0.2, -0.15) is 0 Å². The Morgan fingerprint density at radius 3 is 2.76 bits per heavy atom. The molecule has 0 saturated heterocycles. The first-order chi connectivity index (χ1) is 12.2. The van der Waals surface area contributed by atoms with Crippen molar-refractivity contribution in [2.24, 2.45) is 0 Å². The van der Waals surface area contributed by atoms with Crippen LogP contribution in [0.4, 0.5) is 11.5 Å². The van der Waals surface area contributed by atoms with Gasteiger partial charge < -0.3 is 10.1 Å². The van der Waals surface area contributed by atoms with Gasteiger partial charge in [-0.25, -0.2) is 4.68 Å². The summed E-state index contributed by atoms with van der Waals surface area (Å²) >= 11 is 6.08. The lowest BCUT2D eigenvalue weighted by Gasteiger charge is -2.04. The molecule has 2 aromatic heterocycles. The zero-order chi connectivity index (χ0) is 17.2. The van der Waals surface area contributed by atoms with E-state index in [0.29, 0.717) is 5.02 Å². The van der Waals surface area contributed by atoms with Crippen molar-refractivity contribution < 1.29 is 4.74 Å². The molecular formula is C19H15ClN4O. The monoisotopic (exact) mass is 350 g/mol. The van der Waals surface area contributed by atoms with E-state index in [9.17, 15) is 0 Å². The van der Waals surface area contributed by atoms with E-state index in [2.05, 4.69) is 10.3 Å². The smallest absolute Gasteiger partial charge is 0.160 e. The number of benzene rings is 2. The Balaban J connectivity index is 1.87. The highest BCUT2D eigenvalue weighted by molar-refractivity contribution is 6.30. The van der Waals surface area contributed by atoms with Crippen molar-refractivity contribution in [1.29, 1.82) is 0 Å². The fourth-order valence-electron chi connectivity index (χ4n) is 2.70. The summed E-state index contributed by atoms with van der Waals surface area (Å²) in [6.07, 6.45) is 3.52. The van der Waals surface area contributed by atoms with E-state index in [1.54, 1.807) is 19.5 Å². The van der Waals surface area contributed by atoms with Crippen LogP contribution in [0.1, 0.15) is 0 Å². The highest BCUT2D eigenvalue weighted by Crippen LogP contribution is 2.31. The van der Waals surface area contributed by atoms with Crippen LogP contribution in [-0.2, 0) is 0 Å². The van der Waals surface area contributed by atoms with Crippen LogP contribution in [-0.4, -0.2) is 21.9 Å². The van der Waals surface area contributed by atoms with Crippen LogP contribution in [0.15, 0.2) is 67.0 Å². The predicted molar refractivity (Wildman–Crippen MR) is 100 cm³/mol. The number of nitrogens with one attached hydrogen (secondary N) is 1. The van der Waals surface area contributed by atoms with Crippen LogP contribution in [0.25, 0.3) is 16.6 Å². The highest BCUT2D eigenvalue weighted by Gasteiger charge is 2.13. The average Bonchev–Trinajstić information content (AvgIpc) is 3.00. The van der Waals surface area contributed by atoms with Crippen molar-refractivity contribution >= 4 is 34.0 Å². The summed E-state index contributed by atoms with van der Waals surface area (Å²) in [7, 11) is 1.65. The number of ether oxygens (including phenoxy) is 1. The topological polar surface area (TPSA) is 52.0 Å². The lowest BCUT2D eigenvalue weighted by molar-refractivity contribution is 0.415. The Kier molecular flexibility index (Phi) is 3.99. The molecule has 4 aromatic rings. The summed E-state index contributed by atoms with van der Waals surface area (Å²) in [6.45, 7) is 0.